The van der Waals surface area contributed by atoms with Gasteiger partial charge in [-0.15, -0.1) is 23.4 Å². The van der Waals surface area contributed by atoms with Gasteiger partial charge in [0.05, 0.1) is 6.10 Å². The molecule has 15 heavy (non-hydrogen) atoms. The maximum atomic E-state index is 5.66. The number of nitrogens with zero attached hydrogens (tertiary/aromatic N) is 1. The Morgan fingerprint density at radius 2 is 2.33 bits per heavy atom. The molecule has 0 unspecified atom stereocenters. The van der Waals surface area contributed by atoms with Gasteiger partial charge in [-0.05, 0) is 32.4 Å². The van der Waals surface area contributed by atoms with Gasteiger partial charge in [0.1, 0.15) is 5.03 Å². The lowest BCUT2D eigenvalue weighted by Gasteiger charge is -2.12. The summed E-state index contributed by atoms with van der Waals surface area (Å²) < 4.78 is 5.66. The first-order valence-corrected chi connectivity index (χ1v) is 6.56. The highest BCUT2D eigenvalue weighted by molar-refractivity contribution is 7.99. The molecule has 0 saturated carbocycles. The Hall–Kier alpha value is -0.410. The molecule has 1 heterocycles. The molecule has 1 aromatic heterocycles. The number of hydrogen-bond donors (Lipinski definition) is 0. The second-order valence-electron chi connectivity index (χ2n) is 3.36. The molecule has 2 nitrogen and oxygen atoms in total. The number of aromatic nitrogens is 1. The Bertz CT molecular complexity index is 294. The molecule has 0 aromatic carbocycles. The summed E-state index contributed by atoms with van der Waals surface area (Å²) in [6.07, 6.45) is 2.96. The van der Waals surface area contributed by atoms with Gasteiger partial charge in [0, 0.05) is 17.8 Å². The third kappa shape index (κ3) is 4.76. The lowest BCUT2D eigenvalue weighted by Crippen LogP contribution is -2.06. The molecule has 4 heteroatoms. The molecule has 1 rings (SSSR count). The fourth-order valence-electron chi connectivity index (χ4n) is 1.05. The maximum absolute atomic E-state index is 5.66. The van der Waals surface area contributed by atoms with E-state index >= 15 is 0 Å². The normalized spacial score (nSPS) is 10.7. The van der Waals surface area contributed by atoms with Crippen LogP contribution in [0.4, 0.5) is 0 Å². The first kappa shape index (κ1) is 12.7. The first-order chi connectivity index (χ1) is 7.24. The van der Waals surface area contributed by atoms with Gasteiger partial charge < -0.3 is 4.74 Å². The van der Waals surface area contributed by atoms with Crippen LogP contribution in [-0.4, -0.2) is 22.7 Å². The molecule has 84 valence electrons. The molecule has 0 aliphatic carbocycles. The van der Waals surface area contributed by atoms with Crippen LogP contribution in [0.1, 0.15) is 20.3 Å². The fourth-order valence-corrected chi connectivity index (χ4v) is 2.22. The van der Waals surface area contributed by atoms with Gasteiger partial charge in [0.15, 0.2) is 5.75 Å². The largest absolute Gasteiger partial charge is 0.488 e. The van der Waals surface area contributed by atoms with Crippen molar-refractivity contribution in [3.63, 3.8) is 0 Å². The second-order valence-corrected chi connectivity index (χ2v) is 4.83. The quantitative estimate of drug-likeness (QED) is 0.434. The topological polar surface area (TPSA) is 22.1 Å². The smallest absolute Gasteiger partial charge is 0.151 e. The molecule has 0 aliphatic heterocycles. The summed E-state index contributed by atoms with van der Waals surface area (Å²) in [5.41, 5.74) is 0. The van der Waals surface area contributed by atoms with Crippen molar-refractivity contribution in [1.82, 2.24) is 4.98 Å². The minimum atomic E-state index is 0.182. The van der Waals surface area contributed by atoms with E-state index in [4.69, 9.17) is 16.3 Å². The van der Waals surface area contributed by atoms with Crippen LogP contribution in [-0.2, 0) is 0 Å². The van der Waals surface area contributed by atoms with E-state index in [9.17, 15) is 0 Å². The summed E-state index contributed by atoms with van der Waals surface area (Å²) in [7, 11) is 0. The SMILES string of the molecule is CC(C)Oc1cccnc1SCCCCl. The summed E-state index contributed by atoms with van der Waals surface area (Å²) in [4.78, 5) is 4.30. The van der Waals surface area contributed by atoms with Crippen LogP contribution < -0.4 is 4.74 Å². The van der Waals surface area contributed by atoms with Crippen LogP contribution in [0.2, 0.25) is 0 Å². The third-order valence-electron chi connectivity index (χ3n) is 1.62. The molecule has 0 amide bonds. The average Bonchev–Trinajstić information content (AvgIpc) is 2.20. The summed E-state index contributed by atoms with van der Waals surface area (Å²) in [6, 6.07) is 3.85. The fraction of sp³-hybridized carbons (Fsp3) is 0.545. The van der Waals surface area contributed by atoms with Crippen LogP contribution in [0.15, 0.2) is 23.4 Å². The van der Waals surface area contributed by atoms with E-state index in [1.54, 1.807) is 18.0 Å². The average molecular weight is 246 g/mol. The number of alkyl halides is 1. The lowest BCUT2D eigenvalue weighted by atomic mass is 10.4. The zero-order chi connectivity index (χ0) is 11.1. The number of pyridine rings is 1. The van der Waals surface area contributed by atoms with E-state index in [1.165, 1.54) is 0 Å². The Morgan fingerprint density at radius 1 is 1.53 bits per heavy atom. The Kier molecular flexibility index (Phi) is 5.88. The molecule has 0 N–H and O–H groups in total. The van der Waals surface area contributed by atoms with Gasteiger partial charge in [-0.25, -0.2) is 4.98 Å². The zero-order valence-corrected chi connectivity index (χ0v) is 10.6. The Labute approximate surface area is 100 Å². The van der Waals surface area contributed by atoms with E-state index in [-0.39, 0.29) is 6.10 Å². The zero-order valence-electron chi connectivity index (χ0n) is 9.07. The minimum Gasteiger partial charge on any atom is -0.488 e. The van der Waals surface area contributed by atoms with Crippen LogP contribution in [0.25, 0.3) is 0 Å². The molecular formula is C11H16ClNOS. The molecular weight excluding hydrogens is 230 g/mol. The Balaban J connectivity index is 2.60. The van der Waals surface area contributed by atoms with E-state index in [2.05, 4.69) is 4.98 Å². The highest BCUT2D eigenvalue weighted by Gasteiger charge is 2.06. The number of thioether (sulfide) groups is 1. The highest BCUT2D eigenvalue weighted by atomic mass is 35.5. The van der Waals surface area contributed by atoms with E-state index < -0.39 is 0 Å². The second kappa shape index (κ2) is 6.96. The van der Waals surface area contributed by atoms with Crippen molar-refractivity contribution in [2.24, 2.45) is 0 Å². The molecule has 1 aromatic rings. The molecule has 0 radical (unpaired) electrons. The van der Waals surface area contributed by atoms with Crippen LogP contribution in [0.5, 0.6) is 5.75 Å². The van der Waals surface area contributed by atoms with Gasteiger partial charge >= 0.3 is 0 Å². The Morgan fingerprint density at radius 3 is 3.00 bits per heavy atom. The van der Waals surface area contributed by atoms with E-state index in [0.717, 1.165) is 22.9 Å². The minimum absolute atomic E-state index is 0.182. The molecule has 0 fully saturated rings. The number of rotatable bonds is 6. The molecule has 0 atom stereocenters. The van der Waals surface area contributed by atoms with Crippen molar-refractivity contribution in [2.45, 2.75) is 31.4 Å². The summed E-state index contributed by atoms with van der Waals surface area (Å²) in [5, 5.41) is 0.955. The van der Waals surface area contributed by atoms with Gasteiger partial charge in [-0.1, -0.05) is 0 Å². The predicted molar refractivity (Wildman–Crippen MR) is 66.1 cm³/mol. The van der Waals surface area contributed by atoms with Crippen molar-refractivity contribution < 1.29 is 4.74 Å². The van der Waals surface area contributed by atoms with Crippen LogP contribution in [0, 0.1) is 0 Å². The van der Waals surface area contributed by atoms with Crippen LogP contribution in [0.3, 0.4) is 0 Å². The molecule has 0 saturated heterocycles. The lowest BCUT2D eigenvalue weighted by molar-refractivity contribution is 0.234. The monoisotopic (exact) mass is 245 g/mol. The number of halogens is 1. The van der Waals surface area contributed by atoms with E-state index in [0.29, 0.717) is 5.88 Å². The van der Waals surface area contributed by atoms with Gasteiger partial charge in [0.2, 0.25) is 0 Å². The third-order valence-corrected chi connectivity index (χ3v) is 2.96. The van der Waals surface area contributed by atoms with Crippen molar-refractivity contribution >= 4 is 23.4 Å². The summed E-state index contributed by atoms with van der Waals surface area (Å²) >= 11 is 7.32. The standard InChI is InChI=1S/C11H16ClNOS/c1-9(2)14-10-5-3-7-13-11(10)15-8-4-6-12/h3,5,7,9H,4,6,8H2,1-2H3. The molecule has 0 aliphatic rings. The molecule has 0 bridgehead atoms. The predicted octanol–water partition coefficient (Wildman–Crippen LogP) is 3.59. The van der Waals surface area contributed by atoms with Gasteiger partial charge in [0.25, 0.3) is 0 Å². The van der Waals surface area contributed by atoms with Crippen molar-refractivity contribution in [3.05, 3.63) is 18.3 Å². The summed E-state index contributed by atoms with van der Waals surface area (Å²) in [5.74, 6) is 2.54. The van der Waals surface area contributed by atoms with E-state index in [1.807, 2.05) is 26.0 Å². The van der Waals surface area contributed by atoms with Crippen LogP contribution >= 0.6 is 23.4 Å². The number of ether oxygens (including phenoxy) is 1. The van der Waals surface area contributed by atoms with Gasteiger partial charge in [-0.2, -0.15) is 0 Å². The summed E-state index contributed by atoms with van der Waals surface area (Å²) in [6.45, 7) is 4.03. The van der Waals surface area contributed by atoms with Crippen molar-refractivity contribution in [2.75, 3.05) is 11.6 Å². The highest BCUT2D eigenvalue weighted by Crippen LogP contribution is 2.27. The van der Waals surface area contributed by atoms with Gasteiger partial charge in [-0.3, -0.25) is 0 Å². The molecule has 0 spiro atoms. The van der Waals surface area contributed by atoms with Crippen molar-refractivity contribution in [3.8, 4) is 5.75 Å². The number of hydrogen-bond acceptors (Lipinski definition) is 3. The first-order valence-electron chi connectivity index (χ1n) is 5.04. The van der Waals surface area contributed by atoms with Crippen molar-refractivity contribution in [1.29, 1.82) is 0 Å². The maximum Gasteiger partial charge on any atom is 0.151 e.